The van der Waals surface area contributed by atoms with E-state index >= 15 is 0 Å². The lowest BCUT2D eigenvalue weighted by molar-refractivity contribution is -0.335. The second-order valence-electron chi connectivity index (χ2n) is 3.58. The van der Waals surface area contributed by atoms with Crippen LogP contribution < -0.4 is 0 Å². The first kappa shape index (κ1) is 12.5. The molecule has 1 rings (SSSR count). The lowest BCUT2D eigenvalue weighted by atomic mass is 10.00. The number of halogens is 2. The zero-order chi connectivity index (χ0) is 12.3. The van der Waals surface area contributed by atoms with E-state index in [-0.39, 0.29) is 17.4 Å². The van der Waals surface area contributed by atoms with Crippen molar-refractivity contribution < 1.29 is 18.3 Å². The van der Waals surface area contributed by atoms with E-state index in [1.54, 1.807) is 6.08 Å². The van der Waals surface area contributed by atoms with Crippen molar-refractivity contribution in [2.75, 3.05) is 0 Å². The summed E-state index contributed by atoms with van der Waals surface area (Å²) in [4.78, 5) is 0. The van der Waals surface area contributed by atoms with Gasteiger partial charge in [0, 0.05) is 5.57 Å². The van der Waals surface area contributed by atoms with Crippen LogP contribution in [0.2, 0.25) is 0 Å². The summed E-state index contributed by atoms with van der Waals surface area (Å²) in [7, 11) is 0. The van der Waals surface area contributed by atoms with Gasteiger partial charge in [-0.1, -0.05) is 39.2 Å². The van der Waals surface area contributed by atoms with E-state index in [1.165, 1.54) is 12.2 Å². The molecule has 0 saturated heterocycles. The summed E-state index contributed by atoms with van der Waals surface area (Å²) in [5.74, 6) is -0.0119. The third-order valence-electron chi connectivity index (χ3n) is 2.04. The van der Waals surface area contributed by atoms with E-state index in [0.29, 0.717) is 5.57 Å². The molecule has 0 amide bonds. The Morgan fingerprint density at radius 1 is 1.31 bits per heavy atom. The van der Waals surface area contributed by atoms with Gasteiger partial charge in [0.2, 0.25) is 0 Å². The zero-order valence-corrected chi connectivity index (χ0v) is 9.30. The molecule has 0 atom stereocenters. The van der Waals surface area contributed by atoms with Gasteiger partial charge in [-0.25, -0.2) is 0 Å². The predicted molar refractivity (Wildman–Crippen MR) is 57.5 cm³/mol. The molecule has 4 heteroatoms. The van der Waals surface area contributed by atoms with Gasteiger partial charge in [-0.05, 0) is 12.0 Å². The lowest BCUT2D eigenvalue weighted by Crippen LogP contribution is -2.17. The van der Waals surface area contributed by atoms with Crippen LogP contribution in [0.25, 0.3) is 0 Å². The van der Waals surface area contributed by atoms with Crippen molar-refractivity contribution in [2.45, 2.75) is 20.1 Å². The highest BCUT2D eigenvalue weighted by Gasteiger charge is 2.45. The van der Waals surface area contributed by atoms with Crippen LogP contribution in [0.1, 0.15) is 13.8 Å². The fraction of sp³-hybridized carbons (Fsp3) is 0.333. The number of hydrogen-bond donors (Lipinski definition) is 0. The molecule has 0 aromatic carbocycles. The SMILES string of the molecule is C=C/C=C(\C1=C(C=C)OC(F)(F)O1)C(C)C. The van der Waals surface area contributed by atoms with Gasteiger partial charge in [-0.2, -0.15) is 0 Å². The Labute approximate surface area is 93.5 Å². The van der Waals surface area contributed by atoms with E-state index in [0.717, 1.165) is 0 Å². The average Bonchev–Trinajstić information content (AvgIpc) is 2.49. The fourth-order valence-electron chi connectivity index (χ4n) is 1.36. The van der Waals surface area contributed by atoms with Gasteiger partial charge in [0.25, 0.3) is 0 Å². The summed E-state index contributed by atoms with van der Waals surface area (Å²) in [6.07, 6.45) is 0.723. The van der Waals surface area contributed by atoms with Crippen molar-refractivity contribution in [1.29, 1.82) is 0 Å². The summed E-state index contributed by atoms with van der Waals surface area (Å²) >= 11 is 0. The zero-order valence-electron chi connectivity index (χ0n) is 9.30. The molecule has 0 aromatic heterocycles. The highest BCUT2D eigenvalue weighted by Crippen LogP contribution is 2.39. The number of ether oxygens (including phenoxy) is 2. The minimum Gasteiger partial charge on any atom is -0.395 e. The summed E-state index contributed by atoms with van der Waals surface area (Å²) in [6, 6.07) is 0. The molecule has 88 valence electrons. The molecule has 1 aliphatic rings. The monoisotopic (exact) mass is 228 g/mol. The minimum absolute atomic E-state index is 0.0143. The van der Waals surface area contributed by atoms with Crippen LogP contribution in [0.15, 0.2) is 48.5 Å². The van der Waals surface area contributed by atoms with Crippen molar-refractivity contribution in [1.82, 2.24) is 0 Å². The highest BCUT2D eigenvalue weighted by molar-refractivity contribution is 5.37. The number of rotatable bonds is 4. The van der Waals surface area contributed by atoms with Crippen molar-refractivity contribution in [3.8, 4) is 0 Å². The summed E-state index contributed by atoms with van der Waals surface area (Å²) in [6.45, 7) is 10.7. The van der Waals surface area contributed by atoms with Gasteiger partial charge in [-0.15, -0.1) is 8.78 Å². The van der Waals surface area contributed by atoms with Crippen LogP contribution in [-0.4, -0.2) is 6.29 Å². The first-order chi connectivity index (χ1) is 7.41. The van der Waals surface area contributed by atoms with Gasteiger partial charge in [-0.3, -0.25) is 0 Å². The number of alkyl halides is 2. The molecule has 0 aliphatic carbocycles. The Balaban J connectivity index is 3.14. The van der Waals surface area contributed by atoms with Gasteiger partial charge in [0.1, 0.15) is 0 Å². The molecule has 0 unspecified atom stereocenters. The summed E-state index contributed by atoms with van der Waals surface area (Å²) in [5.41, 5.74) is 0.599. The molecule has 0 radical (unpaired) electrons. The molecule has 16 heavy (non-hydrogen) atoms. The Hall–Kier alpha value is -1.58. The van der Waals surface area contributed by atoms with Crippen LogP contribution in [0.4, 0.5) is 8.78 Å². The maximum absolute atomic E-state index is 12.9. The first-order valence-corrected chi connectivity index (χ1v) is 4.87. The van der Waals surface area contributed by atoms with Crippen LogP contribution >= 0.6 is 0 Å². The van der Waals surface area contributed by atoms with Gasteiger partial charge < -0.3 is 9.47 Å². The largest absolute Gasteiger partial charge is 0.586 e. The predicted octanol–water partition coefficient (Wildman–Crippen LogP) is 3.75. The van der Waals surface area contributed by atoms with Crippen molar-refractivity contribution in [3.05, 3.63) is 48.5 Å². The van der Waals surface area contributed by atoms with Crippen molar-refractivity contribution in [2.24, 2.45) is 5.92 Å². The Morgan fingerprint density at radius 2 is 1.94 bits per heavy atom. The van der Waals surface area contributed by atoms with Crippen LogP contribution in [0.5, 0.6) is 0 Å². The molecule has 1 aliphatic heterocycles. The molecule has 0 saturated carbocycles. The smallest absolute Gasteiger partial charge is 0.395 e. The van der Waals surface area contributed by atoms with E-state index in [9.17, 15) is 8.78 Å². The van der Waals surface area contributed by atoms with E-state index in [2.05, 4.69) is 22.6 Å². The molecule has 0 spiro atoms. The van der Waals surface area contributed by atoms with Gasteiger partial charge >= 0.3 is 6.29 Å². The van der Waals surface area contributed by atoms with Gasteiger partial charge in [0.15, 0.2) is 11.5 Å². The summed E-state index contributed by atoms with van der Waals surface area (Å²) < 4.78 is 34.6. The molecular weight excluding hydrogens is 214 g/mol. The van der Waals surface area contributed by atoms with Crippen LogP contribution in [0.3, 0.4) is 0 Å². The quantitative estimate of drug-likeness (QED) is 0.682. The topological polar surface area (TPSA) is 18.5 Å². The van der Waals surface area contributed by atoms with Gasteiger partial charge in [0.05, 0.1) is 0 Å². The van der Waals surface area contributed by atoms with Crippen LogP contribution in [0, 0.1) is 5.92 Å². The molecule has 0 bridgehead atoms. The molecule has 0 aromatic rings. The second kappa shape index (κ2) is 4.51. The average molecular weight is 228 g/mol. The summed E-state index contributed by atoms with van der Waals surface area (Å²) in [5, 5.41) is 0. The highest BCUT2D eigenvalue weighted by atomic mass is 19.3. The molecular formula is C12H14F2O2. The Kier molecular flexibility index (Phi) is 3.52. The maximum atomic E-state index is 12.9. The van der Waals surface area contributed by atoms with Crippen LogP contribution in [-0.2, 0) is 9.47 Å². The Morgan fingerprint density at radius 3 is 2.38 bits per heavy atom. The third-order valence-corrected chi connectivity index (χ3v) is 2.04. The maximum Gasteiger partial charge on any atom is 0.586 e. The van der Waals surface area contributed by atoms with E-state index in [1.807, 2.05) is 13.8 Å². The number of hydrogen-bond acceptors (Lipinski definition) is 2. The fourth-order valence-corrected chi connectivity index (χ4v) is 1.36. The normalized spacial score (nSPS) is 19.4. The molecule has 1 heterocycles. The standard InChI is InChI=1S/C12H14F2O2/c1-5-7-9(8(3)4)11-10(6-2)15-12(13,14)16-11/h5-8H,1-2H2,3-4H3/b9-7-. The second-order valence-corrected chi connectivity index (χ2v) is 3.58. The Bertz CT molecular complexity index is 365. The minimum atomic E-state index is -3.62. The van der Waals surface area contributed by atoms with Crippen molar-refractivity contribution in [3.63, 3.8) is 0 Å². The molecule has 2 nitrogen and oxygen atoms in total. The lowest BCUT2D eigenvalue weighted by Gasteiger charge is -2.12. The van der Waals surface area contributed by atoms with E-state index in [4.69, 9.17) is 0 Å². The van der Waals surface area contributed by atoms with Crippen molar-refractivity contribution >= 4 is 0 Å². The third kappa shape index (κ3) is 2.51. The molecule has 0 N–H and O–H groups in total. The van der Waals surface area contributed by atoms with E-state index < -0.39 is 6.29 Å². The number of allylic oxidation sites excluding steroid dienone is 4. The first-order valence-electron chi connectivity index (χ1n) is 4.87. The molecule has 0 fully saturated rings.